The molecule has 2 aromatic rings. The van der Waals surface area contributed by atoms with Crippen LogP contribution in [0.2, 0.25) is 0 Å². The van der Waals surface area contributed by atoms with Gasteiger partial charge in [0.2, 0.25) is 0 Å². The first-order chi connectivity index (χ1) is 8.31. The maximum absolute atomic E-state index is 5.67. The summed E-state index contributed by atoms with van der Waals surface area (Å²) in [6.07, 6.45) is 1.68. The minimum Gasteiger partial charge on any atom is -0.497 e. The fraction of sp³-hybridized carbons (Fsp3) is 0.154. The van der Waals surface area contributed by atoms with Gasteiger partial charge in [-0.15, -0.1) is 0 Å². The molecule has 88 valence electrons. The fourth-order valence-electron chi connectivity index (χ4n) is 1.41. The molecule has 1 aromatic heterocycles. The lowest BCUT2D eigenvalue weighted by molar-refractivity contribution is 0.413. The van der Waals surface area contributed by atoms with Crippen LogP contribution in [-0.4, -0.2) is 12.1 Å². The SMILES string of the molecule is COc1ccc(Oc2ccnc(CN)c2)cc1. The Balaban J connectivity index is 2.13. The van der Waals surface area contributed by atoms with Crippen LogP contribution in [0.3, 0.4) is 0 Å². The van der Waals surface area contributed by atoms with Gasteiger partial charge in [-0.25, -0.2) is 0 Å². The van der Waals surface area contributed by atoms with Crippen molar-refractivity contribution in [3.63, 3.8) is 0 Å². The van der Waals surface area contributed by atoms with Crippen molar-refractivity contribution >= 4 is 0 Å². The van der Waals surface area contributed by atoms with Gasteiger partial charge in [-0.05, 0) is 30.3 Å². The molecule has 1 aromatic carbocycles. The fourth-order valence-corrected chi connectivity index (χ4v) is 1.41. The van der Waals surface area contributed by atoms with E-state index >= 15 is 0 Å². The van der Waals surface area contributed by atoms with Crippen LogP contribution in [0.25, 0.3) is 0 Å². The number of pyridine rings is 1. The molecule has 17 heavy (non-hydrogen) atoms. The van der Waals surface area contributed by atoms with Gasteiger partial charge < -0.3 is 15.2 Å². The van der Waals surface area contributed by atoms with Crippen LogP contribution in [-0.2, 0) is 6.54 Å². The minimum atomic E-state index is 0.403. The van der Waals surface area contributed by atoms with Gasteiger partial charge in [0.1, 0.15) is 17.2 Å². The summed E-state index contributed by atoms with van der Waals surface area (Å²) in [5.74, 6) is 2.28. The molecular formula is C13H14N2O2. The molecule has 0 fully saturated rings. The maximum Gasteiger partial charge on any atom is 0.130 e. The summed E-state index contributed by atoms with van der Waals surface area (Å²) in [6, 6.07) is 11.0. The number of ether oxygens (including phenoxy) is 2. The van der Waals surface area contributed by atoms with Crippen molar-refractivity contribution < 1.29 is 9.47 Å². The second-order valence-corrected chi connectivity index (χ2v) is 3.46. The molecule has 2 N–H and O–H groups in total. The molecule has 0 saturated carbocycles. The Labute approximate surface area is 100 Å². The average molecular weight is 230 g/mol. The first kappa shape index (κ1) is 11.4. The summed E-state index contributed by atoms with van der Waals surface area (Å²) >= 11 is 0. The van der Waals surface area contributed by atoms with Crippen molar-refractivity contribution in [2.75, 3.05) is 7.11 Å². The first-order valence-electron chi connectivity index (χ1n) is 5.28. The molecule has 0 atom stereocenters. The molecular weight excluding hydrogens is 216 g/mol. The molecule has 0 amide bonds. The lowest BCUT2D eigenvalue weighted by Gasteiger charge is -2.07. The van der Waals surface area contributed by atoms with E-state index in [2.05, 4.69) is 4.98 Å². The van der Waals surface area contributed by atoms with E-state index in [4.69, 9.17) is 15.2 Å². The lowest BCUT2D eigenvalue weighted by atomic mass is 10.3. The predicted molar refractivity (Wildman–Crippen MR) is 65.2 cm³/mol. The smallest absolute Gasteiger partial charge is 0.130 e. The van der Waals surface area contributed by atoms with Crippen LogP contribution in [0.1, 0.15) is 5.69 Å². The Morgan fingerprint density at radius 3 is 2.41 bits per heavy atom. The quantitative estimate of drug-likeness (QED) is 0.875. The maximum atomic E-state index is 5.67. The average Bonchev–Trinajstić information content (AvgIpc) is 2.40. The van der Waals surface area contributed by atoms with Crippen molar-refractivity contribution in [2.45, 2.75) is 6.54 Å². The Bertz CT molecular complexity index is 483. The molecule has 4 heteroatoms. The number of hydrogen-bond donors (Lipinski definition) is 1. The lowest BCUT2D eigenvalue weighted by Crippen LogP contribution is -1.99. The highest BCUT2D eigenvalue weighted by Crippen LogP contribution is 2.23. The largest absolute Gasteiger partial charge is 0.497 e. The summed E-state index contributed by atoms with van der Waals surface area (Å²) < 4.78 is 10.7. The molecule has 0 aliphatic rings. The topological polar surface area (TPSA) is 57.4 Å². The summed E-state index contributed by atoms with van der Waals surface area (Å²) in [5, 5.41) is 0. The van der Waals surface area contributed by atoms with Crippen LogP contribution in [0, 0.1) is 0 Å². The second-order valence-electron chi connectivity index (χ2n) is 3.46. The van der Waals surface area contributed by atoms with Crippen LogP contribution < -0.4 is 15.2 Å². The van der Waals surface area contributed by atoms with Crippen LogP contribution in [0.5, 0.6) is 17.2 Å². The molecule has 4 nitrogen and oxygen atoms in total. The molecule has 1 heterocycles. The van der Waals surface area contributed by atoms with E-state index in [1.54, 1.807) is 19.4 Å². The van der Waals surface area contributed by atoms with Crippen LogP contribution >= 0.6 is 0 Å². The van der Waals surface area contributed by atoms with Gasteiger partial charge in [0, 0.05) is 18.8 Å². The molecule has 0 unspecified atom stereocenters. The Kier molecular flexibility index (Phi) is 3.57. The van der Waals surface area contributed by atoms with E-state index in [1.807, 2.05) is 30.3 Å². The molecule has 2 rings (SSSR count). The van der Waals surface area contributed by atoms with Gasteiger partial charge in [-0.3, -0.25) is 4.98 Å². The molecule has 0 radical (unpaired) electrons. The third kappa shape index (κ3) is 2.95. The third-order valence-electron chi connectivity index (χ3n) is 2.29. The van der Waals surface area contributed by atoms with Crippen molar-refractivity contribution in [1.29, 1.82) is 0 Å². The van der Waals surface area contributed by atoms with E-state index in [-0.39, 0.29) is 0 Å². The summed E-state index contributed by atoms with van der Waals surface area (Å²) in [5.41, 5.74) is 6.32. The zero-order valence-corrected chi connectivity index (χ0v) is 9.59. The zero-order chi connectivity index (χ0) is 12.1. The van der Waals surface area contributed by atoms with E-state index in [1.165, 1.54) is 0 Å². The Morgan fingerprint density at radius 1 is 1.06 bits per heavy atom. The van der Waals surface area contributed by atoms with Crippen LogP contribution in [0.15, 0.2) is 42.6 Å². The Hall–Kier alpha value is -2.07. The van der Waals surface area contributed by atoms with E-state index in [0.29, 0.717) is 6.54 Å². The van der Waals surface area contributed by atoms with E-state index < -0.39 is 0 Å². The van der Waals surface area contributed by atoms with Gasteiger partial charge in [-0.1, -0.05) is 0 Å². The van der Waals surface area contributed by atoms with Gasteiger partial charge in [-0.2, -0.15) is 0 Å². The summed E-state index contributed by atoms with van der Waals surface area (Å²) in [6.45, 7) is 0.403. The van der Waals surface area contributed by atoms with E-state index in [9.17, 15) is 0 Å². The minimum absolute atomic E-state index is 0.403. The highest BCUT2D eigenvalue weighted by atomic mass is 16.5. The van der Waals surface area contributed by atoms with Gasteiger partial charge in [0.15, 0.2) is 0 Å². The number of nitrogens with two attached hydrogens (primary N) is 1. The molecule has 0 bridgehead atoms. The third-order valence-corrected chi connectivity index (χ3v) is 2.29. The monoisotopic (exact) mass is 230 g/mol. The van der Waals surface area contributed by atoms with Gasteiger partial charge >= 0.3 is 0 Å². The number of benzene rings is 1. The van der Waals surface area contributed by atoms with Gasteiger partial charge in [0.25, 0.3) is 0 Å². The second kappa shape index (κ2) is 5.32. The first-order valence-corrected chi connectivity index (χ1v) is 5.28. The zero-order valence-electron chi connectivity index (χ0n) is 9.59. The van der Waals surface area contributed by atoms with Crippen LogP contribution in [0.4, 0.5) is 0 Å². The highest BCUT2D eigenvalue weighted by molar-refractivity contribution is 5.35. The molecule has 0 aliphatic heterocycles. The highest BCUT2D eigenvalue weighted by Gasteiger charge is 1.99. The number of rotatable bonds is 4. The molecule has 0 aliphatic carbocycles. The van der Waals surface area contributed by atoms with Crippen molar-refractivity contribution in [3.05, 3.63) is 48.3 Å². The normalized spacial score (nSPS) is 10.0. The number of aromatic nitrogens is 1. The number of nitrogens with zero attached hydrogens (tertiary/aromatic N) is 1. The predicted octanol–water partition coefficient (Wildman–Crippen LogP) is 2.34. The summed E-state index contributed by atoms with van der Waals surface area (Å²) in [7, 11) is 1.63. The van der Waals surface area contributed by atoms with Crippen molar-refractivity contribution in [2.24, 2.45) is 5.73 Å². The van der Waals surface area contributed by atoms with E-state index in [0.717, 1.165) is 22.9 Å². The number of methoxy groups -OCH3 is 1. The number of hydrogen-bond acceptors (Lipinski definition) is 4. The molecule has 0 spiro atoms. The van der Waals surface area contributed by atoms with Gasteiger partial charge in [0.05, 0.1) is 12.8 Å². The van der Waals surface area contributed by atoms with Crippen molar-refractivity contribution in [3.8, 4) is 17.2 Å². The van der Waals surface area contributed by atoms with Crippen molar-refractivity contribution in [1.82, 2.24) is 4.98 Å². The standard InChI is InChI=1S/C13H14N2O2/c1-16-11-2-4-12(5-3-11)17-13-6-7-15-10(8-13)9-14/h2-8H,9,14H2,1H3. The Morgan fingerprint density at radius 2 is 1.76 bits per heavy atom. The summed E-state index contributed by atoms with van der Waals surface area (Å²) in [4.78, 5) is 4.10. The molecule has 0 saturated heterocycles.